The molecule has 1 N–H and O–H groups in total. The van der Waals surface area contributed by atoms with Crippen LogP contribution in [0.3, 0.4) is 0 Å². The summed E-state index contributed by atoms with van der Waals surface area (Å²) in [4.78, 5) is 21.7. The number of carbonyl (C=O) groups is 1. The molecule has 2 aromatic carbocycles. The van der Waals surface area contributed by atoms with E-state index in [-0.39, 0.29) is 12.7 Å². The predicted molar refractivity (Wildman–Crippen MR) is 122 cm³/mol. The zero-order valence-corrected chi connectivity index (χ0v) is 18.4. The molecule has 1 aromatic heterocycles. The van der Waals surface area contributed by atoms with E-state index in [0.717, 1.165) is 24.5 Å². The molecule has 1 amide bonds. The topological polar surface area (TPSA) is 66.9 Å². The van der Waals surface area contributed by atoms with Gasteiger partial charge in [-0.25, -0.2) is 4.98 Å². The van der Waals surface area contributed by atoms with Crippen molar-refractivity contribution in [2.75, 3.05) is 43.2 Å². The zero-order valence-electron chi connectivity index (χ0n) is 17.6. The first-order valence-corrected chi connectivity index (χ1v) is 11.2. The Morgan fingerprint density at radius 1 is 1.06 bits per heavy atom. The number of rotatable bonds is 4. The van der Waals surface area contributed by atoms with E-state index in [1.807, 2.05) is 28.5 Å². The number of thiazole rings is 1. The molecular weight excluding hydrogens is 412 g/mol. The minimum atomic E-state index is -0.0180. The van der Waals surface area contributed by atoms with E-state index in [4.69, 9.17) is 9.47 Å². The average Bonchev–Trinajstić information content (AvgIpc) is 3.45. The number of nitrogens with zero attached hydrogens (tertiary/aromatic N) is 3. The molecule has 0 saturated carbocycles. The summed E-state index contributed by atoms with van der Waals surface area (Å²) < 4.78 is 10.7. The van der Waals surface area contributed by atoms with Crippen molar-refractivity contribution in [1.29, 1.82) is 0 Å². The number of hydrogen-bond acceptors (Lipinski definition) is 7. The summed E-state index contributed by atoms with van der Waals surface area (Å²) in [6.45, 7) is 7.56. The van der Waals surface area contributed by atoms with Crippen molar-refractivity contribution in [3.05, 3.63) is 58.6 Å². The minimum absolute atomic E-state index is 0.0180. The minimum Gasteiger partial charge on any atom is -0.454 e. The number of hydrogen-bond donors (Lipinski definition) is 1. The molecule has 0 atom stereocenters. The summed E-state index contributed by atoms with van der Waals surface area (Å²) in [6.07, 6.45) is 0. The number of aromatic nitrogens is 1. The van der Waals surface area contributed by atoms with Crippen LogP contribution in [-0.2, 0) is 0 Å². The molecule has 0 radical (unpaired) electrons. The van der Waals surface area contributed by atoms with Gasteiger partial charge in [-0.05, 0) is 43.2 Å². The number of fused-ring (bicyclic) bond motifs is 1. The monoisotopic (exact) mass is 436 g/mol. The van der Waals surface area contributed by atoms with Crippen molar-refractivity contribution in [2.24, 2.45) is 0 Å². The summed E-state index contributed by atoms with van der Waals surface area (Å²) in [5.41, 5.74) is 5.19. The molecule has 0 aliphatic carbocycles. The summed E-state index contributed by atoms with van der Waals surface area (Å²) in [5.74, 6) is 1.43. The SMILES string of the molecule is Cc1cccc(N2CCN(C(=O)c3csc(Nc4ccc5c(c4)OCO5)n3)CC2)c1C. The van der Waals surface area contributed by atoms with E-state index < -0.39 is 0 Å². The van der Waals surface area contributed by atoms with E-state index in [0.29, 0.717) is 29.7 Å². The number of anilines is 3. The Morgan fingerprint density at radius 2 is 1.87 bits per heavy atom. The Bertz CT molecular complexity index is 1120. The fraction of sp³-hybridized carbons (Fsp3) is 0.304. The molecule has 2 aliphatic rings. The van der Waals surface area contributed by atoms with Gasteiger partial charge in [0.2, 0.25) is 6.79 Å². The van der Waals surface area contributed by atoms with Crippen LogP contribution in [0.15, 0.2) is 41.8 Å². The maximum atomic E-state index is 13.0. The second-order valence-electron chi connectivity index (χ2n) is 7.73. The smallest absolute Gasteiger partial charge is 0.273 e. The highest BCUT2D eigenvalue weighted by Crippen LogP contribution is 2.35. The lowest BCUT2D eigenvalue weighted by atomic mass is 10.1. The second kappa shape index (κ2) is 8.11. The highest BCUT2D eigenvalue weighted by Gasteiger charge is 2.25. The molecule has 1 fully saturated rings. The summed E-state index contributed by atoms with van der Waals surface area (Å²) in [5, 5.41) is 5.74. The van der Waals surface area contributed by atoms with Crippen molar-refractivity contribution in [3.63, 3.8) is 0 Å². The average molecular weight is 437 g/mol. The third-order valence-electron chi connectivity index (χ3n) is 5.83. The van der Waals surface area contributed by atoms with Crippen molar-refractivity contribution in [3.8, 4) is 11.5 Å². The fourth-order valence-electron chi connectivity index (χ4n) is 3.92. The van der Waals surface area contributed by atoms with Crippen LogP contribution in [0.4, 0.5) is 16.5 Å². The lowest BCUT2D eigenvalue weighted by Gasteiger charge is -2.36. The van der Waals surface area contributed by atoms with Crippen LogP contribution in [0, 0.1) is 13.8 Å². The number of carbonyl (C=O) groups excluding carboxylic acids is 1. The Kier molecular flexibility index (Phi) is 5.15. The maximum Gasteiger partial charge on any atom is 0.273 e. The Hall–Kier alpha value is -3.26. The molecule has 3 aromatic rings. The third kappa shape index (κ3) is 3.90. The van der Waals surface area contributed by atoms with Gasteiger partial charge in [0.15, 0.2) is 16.6 Å². The van der Waals surface area contributed by atoms with E-state index in [2.05, 4.69) is 47.2 Å². The van der Waals surface area contributed by atoms with Crippen LogP contribution in [0.2, 0.25) is 0 Å². The van der Waals surface area contributed by atoms with Crippen LogP contribution in [0.25, 0.3) is 0 Å². The van der Waals surface area contributed by atoms with E-state index in [1.54, 1.807) is 0 Å². The Morgan fingerprint density at radius 3 is 2.71 bits per heavy atom. The molecule has 1 saturated heterocycles. The Balaban J connectivity index is 1.22. The highest BCUT2D eigenvalue weighted by molar-refractivity contribution is 7.14. The fourth-order valence-corrected chi connectivity index (χ4v) is 4.62. The quantitative estimate of drug-likeness (QED) is 0.661. The molecule has 0 unspecified atom stereocenters. The van der Waals surface area contributed by atoms with E-state index in [1.165, 1.54) is 28.2 Å². The molecule has 3 heterocycles. The van der Waals surface area contributed by atoms with Crippen LogP contribution in [0.5, 0.6) is 11.5 Å². The molecule has 0 bridgehead atoms. The summed E-state index contributed by atoms with van der Waals surface area (Å²) in [7, 11) is 0. The standard InChI is InChI=1S/C23H24N4O3S/c1-15-4-3-5-19(16(15)2)26-8-10-27(11-9-26)22(28)18-13-31-23(25-18)24-17-6-7-20-21(12-17)30-14-29-20/h3-7,12-13H,8-11,14H2,1-2H3,(H,24,25). The molecule has 8 heteroatoms. The number of amides is 1. The van der Waals surface area contributed by atoms with Gasteiger partial charge in [0.05, 0.1) is 0 Å². The number of aryl methyl sites for hydroxylation is 1. The normalized spacial score (nSPS) is 15.3. The lowest BCUT2D eigenvalue weighted by Crippen LogP contribution is -2.49. The van der Waals surface area contributed by atoms with Crippen molar-refractivity contribution >= 4 is 33.8 Å². The van der Waals surface area contributed by atoms with Crippen LogP contribution >= 0.6 is 11.3 Å². The van der Waals surface area contributed by atoms with Crippen LogP contribution in [-0.4, -0.2) is 48.8 Å². The largest absolute Gasteiger partial charge is 0.454 e. The van der Waals surface area contributed by atoms with Crippen molar-refractivity contribution in [1.82, 2.24) is 9.88 Å². The second-order valence-corrected chi connectivity index (χ2v) is 8.59. The lowest BCUT2D eigenvalue weighted by molar-refractivity contribution is 0.0741. The highest BCUT2D eigenvalue weighted by atomic mass is 32.1. The van der Waals surface area contributed by atoms with Crippen LogP contribution < -0.4 is 19.7 Å². The first-order chi connectivity index (χ1) is 15.1. The molecule has 7 nitrogen and oxygen atoms in total. The Labute approximate surface area is 185 Å². The summed E-state index contributed by atoms with van der Waals surface area (Å²) >= 11 is 1.42. The molecule has 31 heavy (non-hydrogen) atoms. The van der Waals surface area contributed by atoms with E-state index >= 15 is 0 Å². The number of benzene rings is 2. The number of piperazine rings is 1. The third-order valence-corrected chi connectivity index (χ3v) is 6.59. The molecule has 0 spiro atoms. The van der Waals surface area contributed by atoms with Gasteiger partial charge in [-0.2, -0.15) is 0 Å². The number of nitrogens with one attached hydrogen (secondary N) is 1. The van der Waals surface area contributed by atoms with Gasteiger partial charge < -0.3 is 24.6 Å². The zero-order chi connectivity index (χ0) is 21.4. The van der Waals surface area contributed by atoms with Gasteiger partial charge >= 0.3 is 0 Å². The van der Waals surface area contributed by atoms with Gasteiger partial charge in [-0.3, -0.25) is 4.79 Å². The van der Waals surface area contributed by atoms with Crippen molar-refractivity contribution in [2.45, 2.75) is 13.8 Å². The molecular formula is C23H24N4O3S. The van der Waals surface area contributed by atoms with Crippen LogP contribution in [0.1, 0.15) is 21.6 Å². The van der Waals surface area contributed by atoms with Gasteiger partial charge in [-0.1, -0.05) is 12.1 Å². The maximum absolute atomic E-state index is 13.0. The molecule has 160 valence electrons. The van der Waals surface area contributed by atoms with Gasteiger partial charge in [-0.15, -0.1) is 11.3 Å². The predicted octanol–water partition coefficient (Wildman–Crippen LogP) is 4.19. The van der Waals surface area contributed by atoms with E-state index in [9.17, 15) is 4.79 Å². The molecule has 5 rings (SSSR count). The summed E-state index contributed by atoms with van der Waals surface area (Å²) in [6, 6.07) is 12.0. The van der Waals surface area contributed by atoms with Gasteiger partial charge in [0.1, 0.15) is 5.69 Å². The molecule has 2 aliphatic heterocycles. The van der Waals surface area contributed by atoms with Gasteiger partial charge in [0.25, 0.3) is 5.91 Å². The van der Waals surface area contributed by atoms with Gasteiger partial charge in [0, 0.05) is 49.0 Å². The first-order valence-electron chi connectivity index (χ1n) is 10.3. The number of ether oxygens (including phenoxy) is 2. The first kappa shape index (κ1) is 19.7. The van der Waals surface area contributed by atoms with Crippen molar-refractivity contribution < 1.29 is 14.3 Å².